The summed E-state index contributed by atoms with van der Waals surface area (Å²) in [6.07, 6.45) is 4.08. The molecule has 1 amide bonds. The molecule has 1 aliphatic heterocycles. The molecule has 1 heterocycles. The number of nitrogens with one attached hydrogen (secondary N) is 2. The van der Waals surface area contributed by atoms with Gasteiger partial charge in [0.05, 0.1) is 0 Å². The zero-order valence-corrected chi connectivity index (χ0v) is 13.5. The predicted molar refractivity (Wildman–Crippen MR) is 88.6 cm³/mol. The van der Waals surface area contributed by atoms with E-state index in [-0.39, 0.29) is 11.9 Å². The number of benzene rings is 1. The third-order valence-electron chi connectivity index (χ3n) is 4.20. The van der Waals surface area contributed by atoms with Gasteiger partial charge < -0.3 is 10.6 Å². The molecular weight excluding hydrogens is 260 g/mol. The van der Waals surface area contributed by atoms with E-state index in [4.69, 9.17) is 0 Å². The van der Waals surface area contributed by atoms with Crippen molar-refractivity contribution in [1.29, 1.82) is 0 Å². The number of hydrogen-bond donors (Lipinski definition) is 2. The van der Waals surface area contributed by atoms with E-state index < -0.39 is 0 Å². The summed E-state index contributed by atoms with van der Waals surface area (Å²) in [7, 11) is 0. The zero-order valence-electron chi connectivity index (χ0n) is 13.5. The molecule has 0 aromatic heterocycles. The number of para-hydroxylation sites is 1. The lowest BCUT2D eigenvalue weighted by Crippen LogP contribution is -2.33. The Morgan fingerprint density at radius 3 is 2.81 bits per heavy atom. The standard InChI is InChI=1S/C18H28N2O/c1-13(2)7-6-8-14(3)20-18(21)11-15-12-19-17-10-5-4-9-16(15)17/h4-5,9-10,13-15,19H,6-8,11-12H2,1-3H3,(H,20,21). The summed E-state index contributed by atoms with van der Waals surface area (Å²) in [6, 6.07) is 8.57. The molecule has 0 fully saturated rings. The van der Waals surface area contributed by atoms with Gasteiger partial charge in [0.15, 0.2) is 0 Å². The average Bonchev–Trinajstić information content (AvgIpc) is 2.81. The second kappa shape index (κ2) is 7.48. The topological polar surface area (TPSA) is 41.1 Å². The van der Waals surface area contributed by atoms with E-state index in [1.165, 1.54) is 24.1 Å². The Morgan fingerprint density at radius 2 is 2.05 bits per heavy atom. The Morgan fingerprint density at radius 1 is 1.29 bits per heavy atom. The Labute approximate surface area is 128 Å². The number of carbonyl (C=O) groups excluding carboxylic acids is 1. The molecule has 3 nitrogen and oxygen atoms in total. The first-order valence-corrected chi connectivity index (χ1v) is 8.18. The van der Waals surface area contributed by atoms with Crippen LogP contribution in [0.25, 0.3) is 0 Å². The van der Waals surface area contributed by atoms with Gasteiger partial charge in [0.25, 0.3) is 0 Å². The van der Waals surface area contributed by atoms with Crippen molar-refractivity contribution in [2.45, 2.75) is 58.4 Å². The normalized spacial score (nSPS) is 18.2. The smallest absolute Gasteiger partial charge is 0.220 e. The number of fused-ring (bicyclic) bond motifs is 1. The van der Waals surface area contributed by atoms with Gasteiger partial charge in [0.2, 0.25) is 5.91 Å². The largest absolute Gasteiger partial charge is 0.384 e. The molecule has 116 valence electrons. The fourth-order valence-corrected chi connectivity index (χ4v) is 3.00. The fraction of sp³-hybridized carbons (Fsp3) is 0.611. The van der Waals surface area contributed by atoms with E-state index in [1.807, 2.05) is 12.1 Å². The fourth-order valence-electron chi connectivity index (χ4n) is 3.00. The van der Waals surface area contributed by atoms with Crippen LogP contribution in [0.1, 0.15) is 57.9 Å². The summed E-state index contributed by atoms with van der Waals surface area (Å²) in [5.41, 5.74) is 2.46. The van der Waals surface area contributed by atoms with Crippen LogP contribution in [0.5, 0.6) is 0 Å². The monoisotopic (exact) mass is 288 g/mol. The molecule has 0 spiro atoms. The number of rotatable bonds is 7. The maximum absolute atomic E-state index is 12.2. The van der Waals surface area contributed by atoms with E-state index in [0.717, 1.165) is 18.9 Å². The van der Waals surface area contributed by atoms with Crippen LogP contribution in [0.2, 0.25) is 0 Å². The third kappa shape index (κ3) is 4.76. The SMILES string of the molecule is CC(C)CCCC(C)NC(=O)CC1CNc2ccccc21. The van der Waals surface area contributed by atoms with Gasteiger partial charge in [0.1, 0.15) is 0 Å². The highest BCUT2D eigenvalue weighted by Gasteiger charge is 2.24. The van der Waals surface area contributed by atoms with Gasteiger partial charge in [-0.25, -0.2) is 0 Å². The maximum Gasteiger partial charge on any atom is 0.220 e. The van der Waals surface area contributed by atoms with E-state index in [0.29, 0.717) is 12.3 Å². The van der Waals surface area contributed by atoms with E-state index in [1.54, 1.807) is 0 Å². The molecule has 21 heavy (non-hydrogen) atoms. The second-order valence-electron chi connectivity index (χ2n) is 6.66. The summed E-state index contributed by atoms with van der Waals surface area (Å²) in [5, 5.41) is 6.52. The van der Waals surface area contributed by atoms with Crippen LogP contribution in [0.3, 0.4) is 0 Å². The molecule has 3 heteroatoms. The Bertz CT molecular complexity index is 470. The van der Waals surface area contributed by atoms with Crippen LogP contribution in [0.4, 0.5) is 5.69 Å². The Balaban J connectivity index is 1.75. The van der Waals surface area contributed by atoms with Crippen LogP contribution in [0, 0.1) is 5.92 Å². The highest BCUT2D eigenvalue weighted by Crippen LogP contribution is 2.33. The van der Waals surface area contributed by atoms with E-state index in [9.17, 15) is 4.79 Å². The minimum Gasteiger partial charge on any atom is -0.384 e. The number of amides is 1. The van der Waals surface area contributed by atoms with Gasteiger partial charge in [0, 0.05) is 30.6 Å². The molecule has 0 radical (unpaired) electrons. The molecule has 0 bridgehead atoms. The van der Waals surface area contributed by atoms with Crippen molar-refractivity contribution >= 4 is 11.6 Å². The Kier molecular flexibility index (Phi) is 5.66. The number of anilines is 1. The van der Waals surface area contributed by atoms with Crippen molar-refractivity contribution in [1.82, 2.24) is 5.32 Å². The molecule has 2 rings (SSSR count). The van der Waals surface area contributed by atoms with Crippen LogP contribution in [-0.4, -0.2) is 18.5 Å². The lowest BCUT2D eigenvalue weighted by Gasteiger charge is -2.16. The van der Waals surface area contributed by atoms with Gasteiger partial charge in [-0.3, -0.25) is 4.79 Å². The Hall–Kier alpha value is -1.51. The quantitative estimate of drug-likeness (QED) is 0.798. The molecular formula is C18H28N2O. The van der Waals surface area contributed by atoms with Gasteiger partial charge in [-0.05, 0) is 30.9 Å². The second-order valence-corrected chi connectivity index (χ2v) is 6.66. The van der Waals surface area contributed by atoms with Gasteiger partial charge in [-0.2, -0.15) is 0 Å². The maximum atomic E-state index is 12.2. The highest BCUT2D eigenvalue weighted by atomic mass is 16.1. The number of carbonyl (C=O) groups is 1. The first kappa shape index (κ1) is 15.9. The van der Waals surface area contributed by atoms with Crippen molar-refractivity contribution in [3.05, 3.63) is 29.8 Å². The average molecular weight is 288 g/mol. The van der Waals surface area contributed by atoms with Crippen LogP contribution >= 0.6 is 0 Å². The van der Waals surface area contributed by atoms with Crippen LogP contribution < -0.4 is 10.6 Å². The molecule has 1 aromatic rings. The lowest BCUT2D eigenvalue weighted by molar-refractivity contribution is -0.122. The molecule has 2 atom stereocenters. The molecule has 2 N–H and O–H groups in total. The van der Waals surface area contributed by atoms with Crippen molar-refractivity contribution in [2.75, 3.05) is 11.9 Å². The summed E-state index contributed by atoms with van der Waals surface area (Å²) in [4.78, 5) is 12.2. The minimum atomic E-state index is 0.176. The lowest BCUT2D eigenvalue weighted by atomic mass is 9.97. The summed E-state index contributed by atoms with van der Waals surface area (Å²) in [6.45, 7) is 7.47. The molecule has 0 saturated heterocycles. The third-order valence-corrected chi connectivity index (χ3v) is 4.20. The summed E-state index contributed by atoms with van der Waals surface area (Å²) < 4.78 is 0. The zero-order chi connectivity index (χ0) is 15.2. The predicted octanol–water partition coefficient (Wildman–Crippen LogP) is 3.92. The number of hydrogen-bond acceptors (Lipinski definition) is 2. The van der Waals surface area contributed by atoms with Gasteiger partial charge in [-0.1, -0.05) is 44.9 Å². The molecule has 0 saturated carbocycles. The molecule has 1 aliphatic rings. The minimum absolute atomic E-state index is 0.176. The van der Waals surface area contributed by atoms with Crippen molar-refractivity contribution in [2.24, 2.45) is 5.92 Å². The summed E-state index contributed by atoms with van der Waals surface area (Å²) >= 11 is 0. The van der Waals surface area contributed by atoms with E-state index in [2.05, 4.69) is 43.5 Å². The first-order chi connectivity index (χ1) is 10.1. The van der Waals surface area contributed by atoms with E-state index >= 15 is 0 Å². The van der Waals surface area contributed by atoms with Crippen molar-refractivity contribution < 1.29 is 4.79 Å². The van der Waals surface area contributed by atoms with Crippen molar-refractivity contribution in [3.63, 3.8) is 0 Å². The van der Waals surface area contributed by atoms with Gasteiger partial charge >= 0.3 is 0 Å². The van der Waals surface area contributed by atoms with Crippen LogP contribution in [-0.2, 0) is 4.79 Å². The highest BCUT2D eigenvalue weighted by molar-refractivity contribution is 5.78. The van der Waals surface area contributed by atoms with Crippen molar-refractivity contribution in [3.8, 4) is 0 Å². The summed E-state index contributed by atoms with van der Waals surface area (Å²) in [5.74, 6) is 1.23. The molecule has 1 aromatic carbocycles. The molecule has 2 unspecified atom stereocenters. The van der Waals surface area contributed by atoms with Gasteiger partial charge in [-0.15, -0.1) is 0 Å². The first-order valence-electron chi connectivity index (χ1n) is 8.18. The van der Waals surface area contributed by atoms with Crippen LogP contribution in [0.15, 0.2) is 24.3 Å². The molecule has 0 aliphatic carbocycles.